The van der Waals surface area contributed by atoms with Crippen LogP contribution in [0.4, 0.5) is 5.69 Å². The number of rotatable bonds is 9. The third-order valence-corrected chi connectivity index (χ3v) is 7.17. The van der Waals surface area contributed by atoms with Crippen molar-refractivity contribution in [1.29, 1.82) is 0 Å². The summed E-state index contributed by atoms with van der Waals surface area (Å²) in [4.78, 5) is 51.3. The largest absolute Gasteiger partial charge is 0.490 e. The number of aromatic nitrogens is 1. The van der Waals surface area contributed by atoms with Gasteiger partial charge in [-0.3, -0.25) is 14.3 Å². The van der Waals surface area contributed by atoms with Crippen molar-refractivity contribution in [2.45, 2.75) is 24.4 Å². The van der Waals surface area contributed by atoms with Crippen LogP contribution in [0.3, 0.4) is 0 Å². The maximum Gasteiger partial charge on any atom is 0.490 e. The van der Waals surface area contributed by atoms with Gasteiger partial charge in [-0.1, -0.05) is 0 Å². The fraction of sp³-hybridized carbons (Fsp3) is 0.455. The molecule has 1 saturated heterocycles. The molecule has 1 aromatic rings. The molecule has 30 heavy (non-hydrogen) atoms. The van der Waals surface area contributed by atoms with Gasteiger partial charge < -0.3 is 39.8 Å². The minimum absolute atomic E-state index is 0.254. The molecule has 7 N–H and O–H groups in total. The van der Waals surface area contributed by atoms with Gasteiger partial charge in [-0.15, -0.1) is 0 Å². The number of hydrogen-bond donors (Lipinski definition) is 7. The van der Waals surface area contributed by atoms with E-state index in [1.807, 2.05) is 0 Å². The van der Waals surface area contributed by atoms with E-state index in [0.29, 0.717) is 0 Å². The van der Waals surface area contributed by atoms with E-state index < -0.39 is 60.4 Å². The molecule has 0 radical (unpaired) electrons. The Labute approximate surface area is 167 Å². The van der Waals surface area contributed by atoms with Crippen LogP contribution in [0.5, 0.6) is 0 Å². The molecule has 1 aliphatic rings. The Bertz CT molecular complexity index is 892. The molecule has 0 bridgehead atoms. The number of ether oxygens (including phenoxy) is 1. The fourth-order valence-electron chi connectivity index (χ4n) is 2.22. The number of nitrogens with one attached hydrogen (secondary N) is 1. The summed E-state index contributed by atoms with van der Waals surface area (Å²) in [5, 5.41) is 22.2. The van der Waals surface area contributed by atoms with Crippen molar-refractivity contribution in [3.63, 3.8) is 0 Å². The maximum absolute atomic E-state index is 12.2. The average Bonchev–Trinajstić information content (AvgIpc) is 2.86. The molecule has 1 aliphatic heterocycles. The molecular formula is C11H17N2O14P3. The second-order valence-electron chi connectivity index (χ2n) is 5.69. The number of phosphoric ester groups is 1. The number of carbonyl (C=O) groups excluding carboxylic acids is 1. The summed E-state index contributed by atoms with van der Waals surface area (Å²) < 4.78 is 49.9. The van der Waals surface area contributed by atoms with E-state index in [1.165, 1.54) is 24.5 Å². The second kappa shape index (κ2) is 9.59. The smallest absolute Gasteiger partial charge is 0.387 e. The van der Waals surface area contributed by atoms with Gasteiger partial charge in [-0.05, 0) is 12.1 Å². The van der Waals surface area contributed by atoms with E-state index in [4.69, 9.17) is 19.4 Å². The van der Waals surface area contributed by atoms with Crippen LogP contribution in [-0.2, 0) is 36.4 Å². The van der Waals surface area contributed by atoms with Crippen LogP contribution in [0.2, 0.25) is 0 Å². The summed E-state index contributed by atoms with van der Waals surface area (Å²) in [6, 6.07) is 3.00. The number of aliphatic hydroxyl groups is 2. The van der Waals surface area contributed by atoms with Gasteiger partial charge in [0.05, 0.1) is 18.5 Å². The molecule has 3 unspecified atom stereocenters. The Morgan fingerprint density at radius 2 is 1.77 bits per heavy atom. The number of anilines is 1. The summed E-state index contributed by atoms with van der Waals surface area (Å²) >= 11 is 0. The SMILES string of the molecule is O=C(Nc1cccnc1)C1O[C@H](COP(=O)(O)OP(=O)(O)OP(=O)(O)O)[C@@H](O)[C@H]1O. The number of phosphoric acid groups is 3. The van der Waals surface area contributed by atoms with Crippen molar-refractivity contribution in [3.8, 4) is 0 Å². The summed E-state index contributed by atoms with van der Waals surface area (Å²) in [7, 11) is -16.7. The summed E-state index contributed by atoms with van der Waals surface area (Å²) in [5.41, 5.74) is 0.254. The average molecular weight is 494 g/mol. The molecule has 0 saturated carbocycles. The first-order chi connectivity index (χ1) is 13.7. The minimum atomic E-state index is -5.71. The van der Waals surface area contributed by atoms with Crippen LogP contribution in [0.25, 0.3) is 0 Å². The molecule has 6 atom stereocenters. The lowest BCUT2D eigenvalue weighted by atomic mass is 10.1. The van der Waals surface area contributed by atoms with E-state index in [0.717, 1.165) is 0 Å². The van der Waals surface area contributed by atoms with Crippen LogP contribution in [0.15, 0.2) is 24.5 Å². The van der Waals surface area contributed by atoms with E-state index in [-0.39, 0.29) is 5.69 Å². The van der Waals surface area contributed by atoms with E-state index in [9.17, 15) is 33.6 Å². The monoisotopic (exact) mass is 494 g/mol. The molecule has 2 heterocycles. The lowest BCUT2D eigenvalue weighted by Gasteiger charge is -2.19. The van der Waals surface area contributed by atoms with Gasteiger partial charge in [0.2, 0.25) is 0 Å². The number of pyridine rings is 1. The molecule has 1 fully saturated rings. The fourth-order valence-corrected chi connectivity index (χ4v) is 5.25. The predicted molar refractivity (Wildman–Crippen MR) is 93.4 cm³/mol. The Morgan fingerprint density at radius 3 is 2.33 bits per heavy atom. The number of aliphatic hydroxyl groups excluding tert-OH is 2. The van der Waals surface area contributed by atoms with Crippen molar-refractivity contribution in [2.24, 2.45) is 0 Å². The van der Waals surface area contributed by atoms with Gasteiger partial charge in [0.15, 0.2) is 6.10 Å². The van der Waals surface area contributed by atoms with Crippen LogP contribution in [0, 0.1) is 0 Å². The third kappa shape index (κ3) is 7.55. The van der Waals surface area contributed by atoms with E-state index in [2.05, 4.69) is 23.4 Å². The number of nitrogens with zero attached hydrogens (tertiary/aromatic N) is 1. The molecular weight excluding hydrogens is 477 g/mol. The highest BCUT2D eigenvalue weighted by Crippen LogP contribution is 2.66. The van der Waals surface area contributed by atoms with Gasteiger partial charge in [0, 0.05) is 6.20 Å². The standard InChI is InChI=1S/C11H17N2O14P3/c14-8-7(5-24-29(20,21)27-30(22,23)26-28(17,18)19)25-10(9(8)15)11(16)13-6-2-1-3-12-4-6/h1-4,7-10,14-15H,5H2,(H,13,16)(H,20,21)(H,22,23)(H2,17,18,19)/t7-,8-,9-,10?/m1/s1. The quantitative estimate of drug-likeness (QED) is 0.200. The summed E-state index contributed by atoms with van der Waals surface area (Å²) in [6.07, 6.45) is -3.98. The van der Waals surface area contributed by atoms with Crippen molar-refractivity contribution in [3.05, 3.63) is 24.5 Å². The minimum Gasteiger partial charge on any atom is -0.387 e. The molecule has 170 valence electrons. The van der Waals surface area contributed by atoms with Crippen LogP contribution >= 0.6 is 23.5 Å². The van der Waals surface area contributed by atoms with E-state index >= 15 is 0 Å². The van der Waals surface area contributed by atoms with Gasteiger partial charge >= 0.3 is 23.5 Å². The number of hydrogen-bond acceptors (Lipinski definition) is 11. The zero-order chi connectivity index (χ0) is 22.7. The zero-order valence-corrected chi connectivity index (χ0v) is 17.2. The van der Waals surface area contributed by atoms with Gasteiger partial charge in [-0.25, -0.2) is 13.7 Å². The highest BCUT2D eigenvalue weighted by molar-refractivity contribution is 7.66. The lowest BCUT2D eigenvalue weighted by molar-refractivity contribution is -0.130. The molecule has 1 amide bonds. The molecule has 2 rings (SSSR count). The van der Waals surface area contributed by atoms with Gasteiger partial charge in [0.25, 0.3) is 5.91 Å². The Balaban J connectivity index is 1.95. The first-order valence-electron chi connectivity index (χ1n) is 7.70. The number of amides is 1. The Hall–Kier alpha value is -1.09. The first-order valence-corrected chi connectivity index (χ1v) is 12.2. The van der Waals surface area contributed by atoms with Crippen molar-refractivity contribution in [1.82, 2.24) is 4.98 Å². The topological polar surface area (TPSA) is 251 Å². The van der Waals surface area contributed by atoms with Gasteiger partial charge in [-0.2, -0.15) is 8.62 Å². The first kappa shape index (κ1) is 25.2. The van der Waals surface area contributed by atoms with Crippen molar-refractivity contribution in [2.75, 3.05) is 11.9 Å². The van der Waals surface area contributed by atoms with Gasteiger partial charge in [0.1, 0.15) is 18.3 Å². The Morgan fingerprint density at radius 1 is 1.10 bits per heavy atom. The lowest BCUT2D eigenvalue weighted by Crippen LogP contribution is -2.39. The molecule has 16 nitrogen and oxygen atoms in total. The predicted octanol–water partition coefficient (Wildman–Crippen LogP) is -1.15. The third-order valence-electron chi connectivity index (χ3n) is 3.37. The van der Waals surface area contributed by atoms with E-state index in [1.54, 1.807) is 0 Å². The highest BCUT2D eigenvalue weighted by atomic mass is 31.3. The summed E-state index contributed by atoms with van der Waals surface area (Å²) in [6.45, 7) is -1.03. The molecule has 0 spiro atoms. The molecule has 0 aromatic carbocycles. The Kier molecular flexibility index (Phi) is 8.05. The zero-order valence-electron chi connectivity index (χ0n) is 14.6. The molecule has 1 aromatic heterocycles. The number of carbonyl (C=O) groups is 1. The van der Waals surface area contributed by atoms with Crippen molar-refractivity contribution < 1.29 is 66.2 Å². The molecule has 19 heteroatoms. The maximum atomic E-state index is 12.2. The van der Waals surface area contributed by atoms with Crippen molar-refractivity contribution >= 4 is 35.1 Å². The van der Waals surface area contributed by atoms with Crippen LogP contribution in [-0.4, -0.2) is 71.7 Å². The molecule has 0 aliphatic carbocycles. The second-order valence-corrected chi connectivity index (χ2v) is 10.1. The summed E-state index contributed by atoms with van der Waals surface area (Å²) in [5.74, 6) is -0.879. The van der Waals surface area contributed by atoms with Crippen LogP contribution in [0.1, 0.15) is 0 Å². The van der Waals surface area contributed by atoms with Crippen LogP contribution < -0.4 is 5.32 Å². The highest BCUT2D eigenvalue weighted by Gasteiger charge is 2.48. The normalized spacial score (nSPS) is 28.5.